The molecule has 0 saturated carbocycles. The fourth-order valence-corrected chi connectivity index (χ4v) is 3.07. The zero-order valence-corrected chi connectivity index (χ0v) is 14.6. The number of hydrogen-bond acceptors (Lipinski definition) is 3. The molecule has 2 aromatic carbocycles. The van der Waals surface area contributed by atoms with Gasteiger partial charge in [-0.05, 0) is 43.7 Å². The summed E-state index contributed by atoms with van der Waals surface area (Å²) in [7, 11) is 0. The lowest BCUT2D eigenvalue weighted by molar-refractivity contribution is -0.125. The van der Waals surface area contributed by atoms with Crippen LogP contribution in [0.1, 0.15) is 46.2 Å². The van der Waals surface area contributed by atoms with Crippen LogP contribution in [-0.2, 0) is 4.79 Å². The predicted octanol–water partition coefficient (Wildman–Crippen LogP) is 3.20. The van der Waals surface area contributed by atoms with Crippen molar-refractivity contribution in [1.82, 2.24) is 10.2 Å². The number of benzene rings is 2. The van der Waals surface area contributed by atoms with Gasteiger partial charge in [-0.3, -0.25) is 19.3 Å². The van der Waals surface area contributed by atoms with Gasteiger partial charge in [-0.2, -0.15) is 0 Å². The molecular formula is C19H17ClN2O3. The quantitative estimate of drug-likeness (QED) is 0.855. The molecule has 25 heavy (non-hydrogen) atoms. The molecule has 1 N–H and O–H groups in total. The molecule has 1 aliphatic rings. The summed E-state index contributed by atoms with van der Waals surface area (Å²) in [6.07, 6.45) is 0. The number of rotatable bonds is 4. The summed E-state index contributed by atoms with van der Waals surface area (Å²) >= 11 is 5.97. The molecule has 3 rings (SSSR count). The average molecular weight is 357 g/mol. The van der Waals surface area contributed by atoms with Crippen molar-refractivity contribution in [2.45, 2.75) is 25.9 Å². The molecule has 2 atom stereocenters. The molecule has 1 heterocycles. The summed E-state index contributed by atoms with van der Waals surface area (Å²) in [5, 5.41) is 3.40. The SMILES string of the molecule is CC(NC(=O)C(C)N1C(=O)c2ccccc2C1=O)c1cccc(Cl)c1. The van der Waals surface area contributed by atoms with Gasteiger partial charge in [0.25, 0.3) is 11.8 Å². The minimum absolute atomic E-state index is 0.302. The highest BCUT2D eigenvalue weighted by atomic mass is 35.5. The lowest BCUT2D eigenvalue weighted by Crippen LogP contribution is -2.48. The van der Waals surface area contributed by atoms with Gasteiger partial charge in [0.1, 0.15) is 6.04 Å². The maximum atomic E-state index is 12.6. The van der Waals surface area contributed by atoms with Crippen molar-refractivity contribution in [3.63, 3.8) is 0 Å². The molecule has 6 heteroatoms. The van der Waals surface area contributed by atoms with Crippen LogP contribution in [0.2, 0.25) is 5.02 Å². The fraction of sp³-hybridized carbons (Fsp3) is 0.211. The molecule has 0 spiro atoms. The van der Waals surface area contributed by atoms with Gasteiger partial charge in [0.05, 0.1) is 17.2 Å². The third-order valence-electron chi connectivity index (χ3n) is 4.30. The lowest BCUT2D eigenvalue weighted by atomic mass is 10.1. The molecule has 2 unspecified atom stereocenters. The number of halogens is 1. The van der Waals surface area contributed by atoms with Crippen molar-refractivity contribution in [2.75, 3.05) is 0 Å². The Morgan fingerprint density at radius 2 is 1.60 bits per heavy atom. The van der Waals surface area contributed by atoms with Crippen molar-refractivity contribution >= 4 is 29.3 Å². The van der Waals surface area contributed by atoms with E-state index >= 15 is 0 Å². The predicted molar refractivity (Wildman–Crippen MR) is 94.4 cm³/mol. The molecule has 0 aromatic heterocycles. The molecule has 0 radical (unpaired) electrons. The fourth-order valence-electron chi connectivity index (χ4n) is 2.87. The average Bonchev–Trinajstić information content (AvgIpc) is 2.85. The molecule has 128 valence electrons. The van der Waals surface area contributed by atoms with Crippen LogP contribution < -0.4 is 5.32 Å². The number of amides is 3. The van der Waals surface area contributed by atoms with Crippen LogP contribution in [0.15, 0.2) is 48.5 Å². The third kappa shape index (κ3) is 3.15. The van der Waals surface area contributed by atoms with Gasteiger partial charge in [0, 0.05) is 5.02 Å². The highest BCUT2D eigenvalue weighted by Crippen LogP contribution is 2.25. The summed E-state index contributed by atoms with van der Waals surface area (Å²) < 4.78 is 0. The van der Waals surface area contributed by atoms with Gasteiger partial charge in [-0.1, -0.05) is 35.9 Å². The Morgan fingerprint density at radius 3 is 2.16 bits per heavy atom. The summed E-state index contributed by atoms with van der Waals surface area (Å²) in [5.41, 5.74) is 1.50. The molecule has 0 aliphatic carbocycles. The van der Waals surface area contributed by atoms with Crippen molar-refractivity contribution in [1.29, 1.82) is 0 Å². The first-order valence-corrected chi connectivity index (χ1v) is 8.30. The van der Waals surface area contributed by atoms with Crippen LogP contribution in [0.5, 0.6) is 0 Å². The third-order valence-corrected chi connectivity index (χ3v) is 4.53. The first-order valence-electron chi connectivity index (χ1n) is 7.93. The van der Waals surface area contributed by atoms with E-state index in [1.165, 1.54) is 0 Å². The Hall–Kier alpha value is -2.66. The number of imide groups is 1. The second-order valence-corrected chi connectivity index (χ2v) is 6.42. The van der Waals surface area contributed by atoms with Crippen LogP contribution in [0.3, 0.4) is 0 Å². The Kier molecular flexibility index (Phi) is 4.59. The molecule has 5 nitrogen and oxygen atoms in total. The second kappa shape index (κ2) is 6.69. The van der Waals surface area contributed by atoms with Gasteiger partial charge >= 0.3 is 0 Å². The lowest BCUT2D eigenvalue weighted by Gasteiger charge is -2.24. The van der Waals surface area contributed by atoms with E-state index in [-0.39, 0.29) is 6.04 Å². The first-order chi connectivity index (χ1) is 11.9. The Morgan fingerprint density at radius 1 is 1.00 bits per heavy atom. The van der Waals surface area contributed by atoms with E-state index in [0.717, 1.165) is 10.5 Å². The smallest absolute Gasteiger partial charge is 0.262 e. The molecule has 0 bridgehead atoms. The van der Waals surface area contributed by atoms with Crippen LogP contribution >= 0.6 is 11.6 Å². The minimum atomic E-state index is -0.908. The molecular weight excluding hydrogens is 340 g/mol. The van der Waals surface area contributed by atoms with Gasteiger partial charge in [0.15, 0.2) is 0 Å². The van der Waals surface area contributed by atoms with E-state index in [4.69, 9.17) is 11.6 Å². The van der Waals surface area contributed by atoms with Crippen molar-refractivity contribution < 1.29 is 14.4 Å². The zero-order chi connectivity index (χ0) is 18.1. The van der Waals surface area contributed by atoms with E-state index in [1.807, 2.05) is 13.0 Å². The maximum Gasteiger partial charge on any atom is 0.262 e. The van der Waals surface area contributed by atoms with Gasteiger partial charge < -0.3 is 5.32 Å². The normalized spacial score (nSPS) is 15.7. The van der Waals surface area contributed by atoms with E-state index in [0.29, 0.717) is 16.1 Å². The van der Waals surface area contributed by atoms with E-state index in [9.17, 15) is 14.4 Å². The highest BCUT2D eigenvalue weighted by Gasteiger charge is 2.40. The first kappa shape index (κ1) is 17.2. The van der Waals surface area contributed by atoms with Crippen molar-refractivity contribution in [3.05, 3.63) is 70.2 Å². The van der Waals surface area contributed by atoms with Crippen molar-refractivity contribution in [2.24, 2.45) is 0 Å². The Labute approximate surface area is 150 Å². The summed E-state index contributed by atoms with van der Waals surface area (Å²) in [4.78, 5) is 38.5. The number of fused-ring (bicyclic) bond motifs is 1. The van der Waals surface area contributed by atoms with E-state index < -0.39 is 23.8 Å². The Bertz CT molecular complexity index is 830. The summed E-state index contributed by atoms with van der Waals surface area (Å²) in [6, 6.07) is 12.5. The Balaban J connectivity index is 1.75. The monoisotopic (exact) mass is 356 g/mol. The van der Waals surface area contributed by atoms with Crippen molar-refractivity contribution in [3.8, 4) is 0 Å². The van der Waals surface area contributed by atoms with Crippen LogP contribution in [0.25, 0.3) is 0 Å². The minimum Gasteiger partial charge on any atom is -0.348 e. The van der Waals surface area contributed by atoms with Gasteiger partial charge in [-0.25, -0.2) is 0 Å². The van der Waals surface area contributed by atoms with E-state index in [1.54, 1.807) is 49.4 Å². The maximum absolute atomic E-state index is 12.6. The van der Waals surface area contributed by atoms with Crippen LogP contribution in [-0.4, -0.2) is 28.7 Å². The summed E-state index contributed by atoms with van der Waals surface area (Å²) in [6.45, 7) is 3.36. The number of nitrogens with one attached hydrogen (secondary N) is 1. The van der Waals surface area contributed by atoms with Gasteiger partial charge in [0.2, 0.25) is 5.91 Å². The highest BCUT2D eigenvalue weighted by molar-refractivity contribution is 6.30. The second-order valence-electron chi connectivity index (χ2n) is 5.99. The number of nitrogens with zero attached hydrogens (tertiary/aromatic N) is 1. The number of carbonyl (C=O) groups is 3. The molecule has 2 aromatic rings. The standard InChI is InChI=1S/C19H17ClN2O3/c1-11(13-6-5-7-14(20)10-13)21-17(23)12(2)22-18(24)15-8-3-4-9-16(15)19(22)25/h3-12H,1-2H3,(H,21,23). The van der Waals surface area contributed by atoms with Crippen LogP contribution in [0, 0.1) is 0 Å². The van der Waals surface area contributed by atoms with Crippen LogP contribution in [0.4, 0.5) is 0 Å². The largest absolute Gasteiger partial charge is 0.348 e. The molecule has 3 amide bonds. The number of hydrogen-bond donors (Lipinski definition) is 1. The topological polar surface area (TPSA) is 66.5 Å². The number of carbonyl (C=O) groups excluding carboxylic acids is 3. The van der Waals surface area contributed by atoms with E-state index in [2.05, 4.69) is 5.32 Å². The van der Waals surface area contributed by atoms with Gasteiger partial charge in [-0.15, -0.1) is 0 Å². The molecule has 1 aliphatic heterocycles. The summed E-state index contributed by atoms with van der Waals surface area (Å²) in [5.74, 6) is -1.29. The molecule has 0 saturated heterocycles. The molecule has 0 fully saturated rings. The zero-order valence-electron chi connectivity index (χ0n) is 13.8.